The van der Waals surface area contributed by atoms with Crippen molar-refractivity contribution in [2.75, 3.05) is 62.5 Å². The summed E-state index contributed by atoms with van der Waals surface area (Å²) >= 11 is 0. The van der Waals surface area contributed by atoms with Crippen LogP contribution in [0.1, 0.15) is 145 Å². The van der Waals surface area contributed by atoms with Crippen molar-refractivity contribution in [2.24, 2.45) is 62.6 Å². The number of hydrogen-bond acceptors (Lipinski definition) is 8. The molecule has 8 nitrogen and oxygen atoms in total. The number of hydrogen-bond donors (Lipinski definition) is 1. The maximum Gasteiger partial charge on any atom is 0.315 e. The van der Waals surface area contributed by atoms with Gasteiger partial charge in [0.1, 0.15) is 6.67 Å². The third kappa shape index (κ3) is 8.06. The first-order valence-corrected chi connectivity index (χ1v) is 27.8. The highest BCUT2D eigenvalue weighted by atomic mass is 32.2. The van der Waals surface area contributed by atoms with Crippen LogP contribution >= 0.6 is 0 Å². The van der Waals surface area contributed by atoms with Crippen LogP contribution in [0.15, 0.2) is 23.3 Å². The molecule has 0 bridgehead atoms. The van der Waals surface area contributed by atoms with Crippen LogP contribution in [-0.2, 0) is 29.2 Å². The number of nitrogens with one attached hydrogen (secondary N) is 1. The van der Waals surface area contributed by atoms with Crippen molar-refractivity contribution in [2.45, 2.75) is 151 Å². The summed E-state index contributed by atoms with van der Waals surface area (Å²) in [6, 6.07) is 0. The smallest absolute Gasteiger partial charge is 0.315 e. The predicted molar refractivity (Wildman–Crippen MR) is 241 cm³/mol. The number of carbonyl (C=O) groups excluding carboxylic acids is 1. The SMILES string of the molecule is CCCCOC(=O)[C@@]1(CF)CC=C(C2=CC[C@]3(C)[C@H]4CC[C@@H]5[C@H]6[C@H](C(C)C)CC[C@]6(NCCS(=O)(=O)CCN6CCS(=O)(=O)CC6)CC[C@@]5(C)[C@]4(C)CC[C@H]3C2(C)C)CC1. The van der Waals surface area contributed by atoms with E-state index in [-0.39, 0.29) is 56.2 Å². The van der Waals surface area contributed by atoms with Gasteiger partial charge in [-0.1, -0.05) is 74.0 Å². The van der Waals surface area contributed by atoms with Crippen molar-refractivity contribution in [3.8, 4) is 0 Å². The van der Waals surface area contributed by atoms with E-state index in [4.69, 9.17) is 4.74 Å². The first-order chi connectivity index (χ1) is 28.1. The lowest BCUT2D eigenvalue weighted by atomic mass is 9.32. The number of halogens is 1. The van der Waals surface area contributed by atoms with Crippen LogP contribution in [0.5, 0.6) is 0 Å². The third-order valence-electron chi connectivity index (χ3n) is 19.3. The molecule has 0 aromatic carbocycles. The molecule has 0 aromatic heterocycles. The van der Waals surface area contributed by atoms with E-state index < -0.39 is 31.8 Å². The zero-order chi connectivity index (χ0) is 43.6. The Morgan fingerprint density at radius 2 is 1.65 bits per heavy atom. The Morgan fingerprint density at radius 3 is 2.30 bits per heavy atom. The molecule has 0 aromatic rings. The maximum absolute atomic E-state index is 14.6. The predicted octanol–water partition coefficient (Wildman–Crippen LogP) is 9.16. The van der Waals surface area contributed by atoms with Crippen LogP contribution in [0, 0.1) is 62.6 Å². The van der Waals surface area contributed by atoms with Gasteiger partial charge in [-0.05, 0) is 152 Å². The molecule has 10 atom stereocenters. The monoisotopic (exact) mass is 877 g/mol. The van der Waals surface area contributed by atoms with Gasteiger partial charge in [0.2, 0.25) is 0 Å². The number of fused-ring (bicyclic) bond motifs is 7. The molecule has 60 heavy (non-hydrogen) atoms. The molecule has 0 unspecified atom stereocenters. The van der Waals surface area contributed by atoms with Crippen LogP contribution in [0.4, 0.5) is 4.39 Å². The largest absolute Gasteiger partial charge is 0.465 e. The number of ether oxygens (including phenoxy) is 1. The van der Waals surface area contributed by atoms with Gasteiger partial charge in [0, 0.05) is 31.7 Å². The molecule has 0 amide bonds. The van der Waals surface area contributed by atoms with Crippen LogP contribution in [0.25, 0.3) is 0 Å². The minimum atomic E-state index is -3.28. The normalized spacial score (nSPS) is 41.3. The topological polar surface area (TPSA) is 110 Å². The standard InChI is InChI=1S/C49H81FN2O6S2/c1-9-10-29-58-43(53)48(34-50)20-13-36(14-21-48)38-16-18-45(6)40(44(38,4)5)17-19-47(8)41(45)12-11-39-42-37(35(2)3)15-22-49(42,24-23-46(39,47)7)51-25-30-59(54,55)31-26-52-27-32-60(56,57)33-28-52/h13,16,35,37,39-42,51H,9-12,14-15,17-34H2,1-8H3/t37-,39+,40-,41+,42+,45-,46+,47+,48-,49-/m0/s1. The summed E-state index contributed by atoms with van der Waals surface area (Å²) in [6.07, 6.45) is 18.8. The zero-order valence-electron chi connectivity index (χ0n) is 38.7. The number of allylic oxidation sites excluding steroid dienone is 4. The van der Waals surface area contributed by atoms with E-state index in [1.807, 2.05) is 4.90 Å². The van der Waals surface area contributed by atoms with E-state index >= 15 is 0 Å². The van der Waals surface area contributed by atoms with E-state index in [0.29, 0.717) is 81.1 Å². The molecule has 1 N–H and O–H groups in total. The molecule has 11 heteroatoms. The fourth-order valence-corrected chi connectivity index (χ4v) is 18.0. The molecule has 5 fully saturated rings. The lowest BCUT2D eigenvalue weighted by molar-refractivity contribution is -0.223. The Labute approximate surface area is 364 Å². The van der Waals surface area contributed by atoms with Gasteiger partial charge in [0.15, 0.2) is 19.7 Å². The van der Waals surface area contributed by atoms with Gasteiger partial charge >= 0.3 is 5.97 Å². The summed E-state index contributed by atoms with van der Waals surface area (Å²) in [5.74, 6) is 3.58. The molecule has 342 valence electrons. The number of alkyl halides is 1. The summed E-state index contributed by atoms with van der Waals surface area (Å²) in [6.45, 7) is 21.3. The Kier molecular flexibility index (Phi) is 13.2. The van der Waals surface area contributed by atoms with E-state index in [1.165, 1.54) is 49.7 Å². The Bertz CT molecular complexity index is 1880. The van der Waals surface area contributed by atoms with Gasteiger partial charge < -0.3 is 15.0 Å². The van der Waals surface area contributed by atoms with Crippen LogP contribution in [0.3, 0.4) is 0 Å². The van der Waals surface area contributed by atoms with Gasteiger partial charge in [-0.25, -0.2) is 21.2 Å². The molecule has 4 saturated carbocycles. The van der Waals surface area contributed by atoms with Gasteiger partial charge in [-0.2, -0.15) is 0 Å². The minimum Gasteiger partial charge on any atom is -0.465 e. The maximum atomic E-state index is 14.6. The van der Waals surface area contributed by atoms with Crippen molar-refractivity contribution >= 4 is 25.6 Å². The number of carbonyl (C=O) groups is 1. The zero-order valence-corrected chi connectivity index (χ0v) is 40.3. The van der Waals surface area contributed by atoms with E-state index in [1.54, 1.807) is 0 Å². The molecule has 7 aliphatic rings. The first-order valence-electron chi connectivity index (χ1n) is 24.1. The second-order valence-corrected chi connectivity index (χ2v) is 27.4. The fourth-order valence-electron chi connectivity index (χ4n) is 15.6. The molecular formula is C49H81FN2O6S2. The lowest BCUT2D eigenvalue weighted by Gasteiger charge is -2.72. The van der Waals surface area contributed by atoms with Gasteiger partial charge in [-0.3, -0.25) is 4.79 Å². The number of esters is 1. The molecule has 6 aliphatic carbocycles. The Morgan fingerprint density at radius 1 is 0.917 bits per heavy atom. The van der Waals surface area contributed by atoms with E-state index in [0.717, 1.165) is 38.5 Å². The molecule has 0 radical (unpaired) electrons. The van der Waals surface area contributed by atoms with Crippen LogP contribution in [-0.4, -0.2) is 95.7 Å². The molecule has 1 aliphatic heterocycles. The number of nitrogens with zero attached hydrogens (tertiary/aromatic N) is 1. The number of unbranched alkanes of at least 4 members (excludes halogenated alkanes) is 1. The Balaban J connectivity index is 1.06. The second kappa shape index (κ2) is 16.9. The second-order valence-electron chi connectivity index (χ2n) is 22.7. The van der Waals surface area contributed by atoms with Gasteiger partial charge in [-0.15, -0.1) is 0 Å². The summed E-state index contributed by atoms with van der Waals surface area (Å²) < 4.78 is 70.7. The van der Waals surface area contributed by atoms with E-state index in [9.17, 15) is 26.0 Å². The summed E-state index contributed by atoms with van der Waals surface area (Å²) in [5, 5.41) is 4.02. The highest BCUT2D eigenvalue weighted by Crippen LogP contribution is 2.76. The lowest BCUT2D eigenvalue weighted by Crippen LogP contribution is -2.68. The van der Waals surface area contributed by atoms with Gasteiger partial charge in [0.05, 0.1) is 35.0 Å². The average molecular weight is 877 g/mol. The fraction of sp³-hybridized carbons (Fsp3) is 0.898. The van der Waals surface area contributed by atoms with Crippen molar-refractivity contribution in [1.29, 1.82) is 0 Å². The molecule has 1 heterocycles. The average Bonchev–Trinajstić information content (AvgIpc) is 3.58. The quantitative estimate of drug-likeness (QED) is 0.136. The molecule has 1 saturated heterocycles. The van der Waals surface area contributed by atoms with Crippen molar-refractivity contribution in [3.05, 3.63) is 23.3 Å². The van der Waals surface area contributed by atoms with Crippen molar-refractivity contribution < 1.29 is 30.8 Å². The number of rotatable bonds is 14. The summed E-state index contributed by atoms with van der Waals surface area (Å²) in [4.78, 5) is 15.1. The molecule has 7 rings (SSSR count). The Hall–Kier alpha value is -1.30. The van der Waals surface area contributed by atoms with Gasteiger partial charge in [0.25, 0.3) is 0 Å². The highest BCUT2D eigenvalue weighted by Gasteiger charge is 2.70. The first kappa shape index (κ1) is 46.7. The van der Waals surface area contributed by atoms with Crippen molar-refractivity contribution in [1.82, 2.24) is 10.2 Å². The summed E-state index contributed by atoms with van der Waals surface area (Å²) in [5.41, 5.74) is 2.24. The molecular weight excluding hydrogens is 796 g/mol. The van der Waals surface area contributed by atoms with E-state index in [2.05, 4.69) is 72.9 Å². The highest BCUT2D eigenvalue weighted by molar-refractivity contribution is 7.91. The minimum absolute atomic E-state index is 0.0235. The van der Waals surface area contributed by atoms with Crippen molar-refractivity contribution in [3.63, 3.8) is 0 Å². The molecule has 0 spiro atoms. The van der Waals surface area contributed by atoms with Crippen LogP contribution < -0.4 is 5.32 Å². The summed E-state index contributed by atoms with van der Waals surface area (Å²) in [7, 11) is -6.27. The number of sulfone groups is 2. The van der Waals surface area contributed by atoms with Crippen LogP contribution in [0.2, 0.25) is 0 Å². The third-order valence-corrected chi connectivity index (χ3v) is 22.6.